The number of hydrogen-bond donors (Lipinski definition) is 33. The Hall–Kier alpha value is -5.83. The van der Waals surface area contributed by atoms with Gasteiger partial charge in [-0.05, 0) is 12.0 Å². The lowest BCUT2D eigenvalue weighted by molar-refractivity contribution is -0.399. The molecular formula is C83H141N9O55. The van der Waals surface area contributed by atoms with Crippen molar-refractivity contribution in [3.8, 4) is 0 Å². The van der Waals surface area contributed by atoms with E-state index in [1.165, 1.54) is 0 Å². The molecule has 0 aromatic carbocycles. The predicted octanol–water partition coefficient (Wildman–Crippen LogP) is -21.2. The lowest BCUT2D eigenvalue weighted by Gasteiger charge is -2.51. The van der Waals surface area contributed by atoms with E-state index in [1.807, 2.05) is 0 Å². The van der Waals surface area contributed by atoms with E-state index in [0.717, 1.165) is 41.7 Å². The Bertz CT molecular complexity index is 4090. The molecule has 0 spiro atoms. The third-order valence-electron chi connectivity index (χ3n) is 26.4. The molecule has 0 bridgehead atoms. The number of methoxy groups -OCH3 is 1. The van der Waals surface area contributed by atoms with Gasteiger partial charge in [0.1, 0.15) is 231 Å². The van der Waals surface area contributed by atoms with Gasteiger partial charge in [0.15, 0.2) is 56.6 Å². The van der Waals surface area contributed by atoms with Gasteiger partial charge in [0.05, 0.1) is 124 Å². The molecule has 10 fully saturated rings. The smallest absolute Gasteiger partial charge is 0.252 e. The highest BCUT2D eigenvalue weighted by molar-refractivity contribution is 5.86. The average Bonchev–Trinajstić information content (AvgIpc) is 0.764. The first-order valence-corrected chi connectivity index (χ1v) is 47.3. The van der Waals surface area contributed by atoms with Crippen molar-refractivity contribution in [3.05, 3.63) is 10.4 Å². The third-order valence-corrected chi connectivity index (χ3v) is 26.4. The molecule has 1 saturated carbocycles. The molecule has 0 unspecified atom stereocenters. The zero-order valence-electron chi connectivity index (χ0n) is 80.4. The van der Waals surface area contributed by atoms with E-state index in [0.29, 0.717) is 0 Å². The molecule has 64 nitrogen and oxygen atoms in total. The van der Waals surface area contributed by atoms with Crippen LogP contribution < -0.4 is 31.9 Å². The second-order valence-corrected chi connectivity index (χ2v) is 36.7. The summed E-state index contributed by atoms with van der Waals surface area (Å²) < 4.78 is 131. The van der Waals surface area contributed by atoms with Crippen molar-refractivity contribution in [3.63, 3.8) is 0 Å². The fourth-order valence-corrected chi connectivity index (χ4v) is 18.8. The van der Waals surface area contributed by atoms with Gasteiger partial charge in [-0.3, -0.25) is 28.8 Å². The van der Waals surface area contributed by atoms with Crippen LogP contribution in [-0.2, 0) is 133 Å². The van der Waals surface area contributed by atoms with Crippen molar-refractivity contribution >= 4 is 35.4 Å². The van der Waals surface area contributed by atoms with Gasteiger partial charge in [0.2, 0.25) is 29.5 Å². The monoisotopic (exact) mass is 2140 g/mol. The third kappa shape index (κ3) is 30.1. The van der Waals surface area contributed by atoms with Gasteiger partial charge in [-0.1, -0.05) is 5.11 Å². The first-order chi connectivity index (χ1) is 69.8. The number of carbonyl (C=O) groups excluding carboxylic acids is 6. The molecular weight excluding hydrogens is 2000 g/mol. The van der Waals surface area contributed by atoms with Crippen LogP contribution in [0.4, 0.5) is 0 Å². The highest BCUT2D eigenvalue weighted by atomic mass is 16.8. The number of azide groups is 1. The summed E-state index contributed by atoms with van der Waals surface area (Å²) in [5.74, 6) is -7.06. The summed E-state index contributed by atoms with van der Waals surface area (Å²) in [4.78, 5) is 82.0. The molecule has 1 aliphatic carbocycles. The number of nitrogens with zero attached hydrogens (tertiary/aromatic N) is 3. The van der Waals surface area contributed by atoms with Gasteiger partial charge in [0, 0.05) is 72.1 Å². The molecule has 6 amide bonds. The SMILES string of the molecule is CO[C@@H]1O[C@H](CO)[C@@H](O[C@@H]2O[C@H](CO)[C@@H](O[C@@H]3O[C@H](CO[C@H]4O[C@H](CO)[C@@H](O)[C@H](O)[C@@H]4O[C@@H]4O[C@H](CO)[C@@H](O[C@@H]5O[C@H](CO)[C@H](O)[C@H](O)[C@H]5O)[C@H](O)[C@H]4NC(C)=O)[C@@H](O)[C@H](O[C@H]4O[C@H](CO)[C@@H](O)[C@H](O)[C@@H]4O[C@@H]4O[C@H](CO)[C@@H](O[C@@H]5O[C@H](CO[C@@]6(C(=O)NCCOCCOCCOCCN=[N+]=[N-])C[C@@H]([C@H](O)[C@H](O)CO)[C@H](NC(C)=O)[C@@H](O)C6)[C@H](O)[C@H](O)[C@H]5O)[C@H](O)[C@H]4NC(C)=O)[C@@H]3O)[C@H](O)[C@H]2NC(C)=O)[C@H](O)[C@H]1NC(C)=O. The zero-order valence-corrected chi connectivity index (χ0v) is 80.4. The van der Waals surface area contributed by atoms with E-state index < -0.39 is 426 Å². The Labute approximate surface area is 836 Å². The van der Waals surface area contributed by atoms with Crippen molar-refractivity contribution in [2.75, 3.05) is 126 Å². The first kappa shape index (κ1) is 123. The van der Waals surface area contributed by atoms with Crippen molar-refractivity contribution in [2.45, 2.75) is 354 Å². The van der Waals surface area contributed by atoms with E-state index in [2.05, 4.69) is 41.9 Å². The standard InChI is InChI=1S/C83H141N9O55/c1-27(101)87-44-32(49(108)34(107)17-93)15-83(16-33(44)106,82(125)85-7-9-127-11-13-129-14-12-128-10-8-86-92-84)131-26-43-53(112)60(119)64(123)78(140-43)143-68-40(23-99)138-76(48(58(68)117)91-31(5)105)147-72-62(121)52(111)37(20-96)134-81(72)145-70-54(113)42(139-79(65(70)124)144-69-41(24-100)136-74(46(56(69)115)89-29(3)103)141-66-38(21-97)135-73(126-6)45(55(66)114)88-28(2)102)25-130-80-71(61(120)51(110)36(19-95)133-80)146-75-47(90-30(4)104)57(116)67(39(22-98)137-75)142-77-63(122)59(118)50(109)35(18-94)132-77/h32-81,93-100,106-124H,7-26H2,1-6H3,(H,85,125)(H,87,101)(H,88,102)(H,89,103)(H,90,104)(H,91,105)/t32-,33+,34-,35-,36-,37-,38-,39-,40-,41-,42-,43-,44+,45-,46-,47-,48-,49+,50+,51-,52-,53+,54-,55-,56-,57-,58-,59+,60+,61+,62+,63-,64-,65+,66-,67-,68-,69-,70+,71+,72+,73-,74+,75+,76+,77+,78+,79+,80+,81-,83+/m1/s1. The van der Waals surface area contributed by atoms with Crippen LogP contribution in [0.2, 0.25) is 0 Å². The lowest BCUT2D eigenvalue weighted by Crippen LogP contribution is -2.71. The maximum atomic E-state index is 14.7. The summed E-state index contributed by atoms with van der Waals surface area (Å²) in [5.41, 5.74) is 6.05. The summed E-state index contributed by atoms with van der Waals surface area (Å²) in [6, 6.07) is -8.93. The van der Waals surface area contributed by atoms with Gasteiger partial charge >= 0.3 is 0 Å². The van der Waals surface area contributed by atoms with Crippen LogP contribution in [0.5, 0.6) is 0 Å². The molecule has 0 aromatic rings. The minimum atomic E-state index is -2.65. The summed E-state index contributed by atoms with van der Waals surface area (Å²) in [6.07, 6.45) is -95.8. The number of aliphatic hydroxyl groups is 27. The van der Waals surface area contributed by atoms with Crippen molar-refractivity contribution in [1.82, 2.24) is 31.9 Å². The molecule has 9 heterocycles. The molecule has 0 radical (unpaired) electrons. The number of hydrogen-bond acceptors (Lipinski definition) is 56. The second kappa shape index (κ2) is 57.0. The summed E-state index contributed by atoms with van der Waals surface area (Å²) in [7, 11) is 1.14. The molecule has 10 rings (SSSR count). The zero-order chi connectivity index (χ0) is 108. The molecule has 64 heteroatoms. The molecule has 147 heavy (non-hydrogen) atoms. The van der Waals surface area contributed by atoms with Crippen LogP contribution >= 0.6 is 0 Å². The number of aliphatic hydroxyl groups excluding tert-OH is 27. The normalized spacial score (nSPS) is 43.5. The van der Waals surface area contributed by atoms with E-state index in [-0.39, 0.29) is 52.7 Å². The van der Waals surface area contributed by atoms with Crippen LogP contribution in [0.25, 0.3) is 10.4 Å². The Balaban J connectivity index is 0.945. The Kier molecular flexibility index (Phi) is 47.7. The predicted molar refractivity (Wildman–Crippen MR) is 465 cm³/mol. The number of ether oxygens (including phenoxy) is 22. The number of amides is 6. The molecule has 51 atom stereocenters. The summed E-state index contributed by atoms with van der Waals surface area (Å²) in [5, 5.41) is 326. The Morgan fingerprint density at radius 1 is 0.347 bits per heavy atom. The van der Waals surface area contributed by atoms with Gasteiger partial charge in [-0.15, -0.1) is 0 Å². The number of carbonyl (C=O) groups is 6. The van der Waals surface area contributed by atoms with Crippen LogP contribution in [-0.4, -0.2) is 605 Å². The fourth-order valence-electron chi connectivity index (χ4n) is 18.8. The van der Waals surface area contributed by atoms with Gasteiger partial charge in [-0.2, -0.15) is 0 Å². The average molecular weight is 2150 g/mol. The molecule has 9 aliphatic heterocycles. The Morgan fingerprint density at radius 2 is 0.673 bits per heavy atom. The number of nitrogens with one attached hydrogen (secondary N) is 6. The van der Waals surface area contributed by atoms with Gasteiger partial charge in [-0.25, -0.2) is 0 Å². The summed E-state index contributed by atoms with van der Waals surface area (Å²) >= 11 is 0. The quantitative estimate of drug-likeness (QED) is 0.0116. The lowest BCUT2D eigenvalue weighted by atomic mass is 9.69. The topological polar surface area (TPSA) is 973 Å². The minimum absolute atomic E-state index is 0.0204. The Morgan fingerprint density at radius 3 is 1.08 bits per heavy atom. The van der Waals surface area contributed by atoms with E-state index in [1.54, 1.807) is 0 Å². The largest absolute Gasteiger partial charge is 0.394 e. The van der Waals surface area contributed by atoms with Crippen molar-refractivity contribution < 1.29 is 271 Å². The molecule has 10 aliphatic rings. The van der Waals surface area contributed by atoms with E-state index in [9.17, 15) is 167 Å². The minimum Gasteiger partial charge on any atom is -0.394 e. The van der Waals surface area contributed by atoms with Crippen molar-refractivity contribution in [1.29, 1.82) is 0 Å². The maximum absolute atomic E-state index is 14.7. The second-order valence-electron chi connectivity index (χ2n) is 36.7. The van der Waals surface area contributed by atoms with E-state index in [4.69, 9.17) is 110 Å². The van der Waals surface area contributed by atoms with E-state index >= 15 is 0 Å². The highest BCUT2D eigenvalue weighted by Crippen LogP contribution is 2.44. The number of rotatable bonds is 49. The molecule has 9 saturated heterocycles. The highest BCUT2D eigenvalue weighted by Gasteiger charge is 2.63. The van der Waals surface area contributed by atoms with Crippen molar-refractivity contribution in [2.24, 2.45) is 11.0 Å². The maximum Gasteiger partial charge on any atom is 0.252 e. The van der Waals surface area contributed by atoms with Gasteiger partial charge < -0.3 is 274 Å². The van der Waals surface area contributed by atoms with Crippen LogP contribution in [0.1, 0.15) is 47.5 Å². The molecule has 33 N–H and O–H groups in total. The van der Waals surface area contributed by atoms with Crippen LogP contribution in [0.3, 0.4) is 0 Å². The van der Waals surface area contributed by atoms with Gasteiger partial charge in [0.25, 0.3) is 5.91 Å². The molecule has 848 valence electrons. The molecule has 0 aromatic heterocycles. The fraction of sp³-hybridized carbons (Fsp3) is 0.928. The first-order valence-electron chi connectivity index (χ1n) is 47.3. The van der Waals surface area contributed by atoms with Crippen LogP contribution in [0, 0.1) is 5.92 Å². The van der Waals surface area contributed by atoms with Crippen LogP contribution in [0.15, 0.2) is 5.11 Å². The summed E-state index contributed by atoms with van der Waals surface area (Å²) in [6.45, 7) is -6.49.